The molecule has 0 bridgehead atoms. The van der Waals surface area contributed by atoms with Crippen LogP contribution in [0.3, 0.4) is 0 Å². The molecule has 0 radical (unpaired) electrons. The smallest absolute Gasteiger partial charge is 0.124 e. The molecule has 0 aliphatic carbocycles. The van der Waals surface area contributed by atoms with Crippen molar-refractivity contribution >= 4 is 0 Å². The molecule has 1 N–H and O–H groups in total. The van der Waals surface area contributed by atoms with Crippen LogP contribution in [0.5, 0.6) is 5.75 Å². The Balaban J connectivity index is 1.72. The quantitative estimate of drug-likeness (QED) is 0.918. The van der Waals surface area contributed by atoms with Crippen molar-refractivity contribution in [2.24, 2.45) is 0 Å². The topological polar surface area (TPSA) is 35.9 Å². The molecule has 4 heteroatoms. The van der Waals surface area contributed by atoms with Crippen LogP contribution in [0, 0.1) is 0 Å². The van der Waals surface area contributed by atoms with Crippen LogP contribution in [-0.4, -0.2) is 54.2 Å². The number of benzene rings is 2. The number of fused-ring (bicyclic) bond motifs is 2. The fraction of sp³-hybridized carbons (Fsp3) is 0.455. The summed E-state index contributed by atoms with van der Waals surface area (Å²) in [7, 11) is 0. The Morgan fingerprint density at radius 1 is 1.04 bits per heavy atom. The van der Waals surface area contributed by atoms with Crippen molar-refractivity contribution in [1.82, 2.24) is 9.80 Å². The van der Waals surface area contributed by atoms with E-state index in [1.807, 2.05) is 0 Å². The van der Waals surface area contributed by atoms with Crippen LogP contribution in [0.4, 0.5) is 0 Å². The molecule has 1 atom stereocenters. The second kappa shape index (κ2) is 7.78. The molecule has 138 valence electrons. The number of piperazine rings is 1. The second-order valence-corrected chi connectivity index (χ2v) is 7.22. The lowest BCUT2D eigenvalue weighted by Crippen LogP contribution is -2.48. The number of aliphatic hydroxyl groups excluding tert-OH is 1. The molecule has 0 aromatic heterocycles. The highest BCUT2D eigenvalue weighted by molar-refractivity contribution is 5.48. The van der Waals surface area contributed by atoms with Gasteiger partial charge >= 0.3 is 0 Å². The van der Waals surface area contributed by atoms with Gasteiger partial charge < -0.3 is 9.84 Å². The van der Waals surface area contributed by atoms with Gasteiger partial charge in [-0.25, -0.2) is 0 Å². The maximum absolute atomic E-state index is 9.22. The Kier molecular flexibility index (Phi) is 5.25. The van der Waals surface area contributed by atoms with Gasteiger partial charge in [0.1, 0.15) is 12.4 Å². The van der Waals surface area contributed by atoms with Gasteiger partial charge in [-0.3, -0.25) is 9.80 Å². The number of rotatable bonds is 4. The summed E-state index contributed by atoms with van der Waals surface area (Å²) in [5.41, 5.74) is 5.31. The number of hydrogen-bond donors (Lipinski definition) is 1. The molecule has 2 aliphatic rings. The minimum absolute atomic E-state index is 0.239. The predicted octanol–water partition coefficient (Wildman–Crippen LogP) is 2.84. The van der Waals surface area contributed by atoms with Crippen LogP contribution in [0.1, 0.15) is 35.2 Å². The number of ether oxygens (including phenoxy) is 1. The summed E-state index contributed by atoms with van der Waals surface area (Å²) in [6.45, 7) is 7.87. The lowest BCUT2D eigenvalue weighted by atomic mass is 9.91. The first-order chi connectivity index (χ1) is 12.8. The van der Waals surface area contributed by atoms with Crippen LogP contribution < -0.4 is 4.74 Å². The van der Waals surface area contributed by atoms with Crippen LogP contribution in [-0.2, 0) is 13.0 Å². The summed E-state index contributed by atoms with van der Waals surface area (Å²) >= 11 is 0. The van der Waals surface area contributed by atoms with Crippen molar-refractivity contribution in [2.75, 3.05) is 39.3 Å². The number of hydrogen-bond acceptors (Lipinski definition) is 4. The van der Waals surface area contributed by atoms with Crippen LogP contribution >= 0.6 is 0 Å². The van der Waals surface area contributed by atoms with Gasteiger partial charge in [-0.2, -0.15) is 0 Å². The van der Waals surface area contributed by atoms with E-state index in [0.717, 1.165) is 44.9 Å². The van der Waals surface area contributed by atoms with Gasteiger partial charge in [0, 0.05) is 38.3 Å². The third-order valence-corrected chi connectivity index (χ3v) is 5.70. The molecule has 1 unspecified atom stereocenters. The van der Waals surface area contributed by atoms with Crippen molar-refractivity contribution in [3.63, 3.8) is 0 Å². The first-order valence-electron chi connectivity index (χ1n) is 9.71. The van der Waals surface area contributed by atoms with Crippen LogP contribution in [0.2, 0.25) is 0 Å². The zero-order valence-electron chi connectivity index (χ0n) is 15.5. The fourth-order valence-electron chi connectivity index (χ4n) is 4.20. The van der Waals surface area contributed by atoms with Crippen molar-refractivity contribution in [2.45, 2.75) is 26.0 Å². The molecule has 4 nitrogen and oxygen atoms in total. The molecule has 1 fully saturated rings. The molecule has 4 rings (SSSR count). The zero-order chi connectivity index (χ0) is 17.9. The van der Waals surface area contributed by atoms with Gasteiger partial charge in [0.2, 0.25) is 0 Å². The third-order valence-electron chi connectivity index (χ3n) is 5.70. The summed E-state index contributed by atoms with van der Waals surface area (Å²) < 4.78 is 6.19. The predicted molar refractivity (Wildman–Crippen MR) is 104 cm³/mol. The number of aliphatic hydroxyl groups is 1. The minimum Gasteiger partial charge on any atom is -0.489 e. The van der Waals surface area contributed by atoms with Crippen molar-refractivity contribution < 1.29 is 9.84 Å². The van der Waals surface area contributed by atoms with E-state index in [1.165, 1.54) is 22.3 Å². The Bertz CT molecular complexity index is 754. The standard InChI is InChI=1S/C22H28N2O2/c1-2-17-7-8-21-20(15-17)22(19-6-4-3-5-18(19)16-26-21)24-11-9-23(10-12-24)13-14-25/h3-8,15,22,25H,2,9-14,16H2,1H3. The summed E-state index contributed by atoms with van der Waals surface area (Å²) in [5.74, 6) is 1.01. The highest BCUT2D eigenvalue weighted by Crippen LogP contribution is 2.40. The first kappa shape index (κ1) is 17.5. The molecule has 2 heterocycles. The molecule has 0 amide bonds. The SMILES string of the molecule is CCc1ccc2c(c1)C(N1CCN(CCO)CC1)c1ccccc1CO2. The Morgan fingerprint density at radius 3 is 2.62 bits per heavy atom. The second-order valence-electron chi connectivity index (χ2n) is 7.22. The van der Waals surface area contributed by atoms with Gasteiger partial charge in [0.05, 0.1) is 12.6 Å². The zero-order valence-corrected chi connectivity index (χ0v) is 15.5. The molecular formula is C22H28N2O2. The van der Waals surface area contributed by atoms with Crippen molar-refractivity contribution in [1.29, 1.82) is 0 Å². The number of nitrogens with zero attached hydrogens (tertiary/aromatic N) is 2. The van der Waals surface area contributed by atoms with E-state index in [1.54, 1.807) is 0 Å². The van der Waals surface area contributed by atoms with Crippen LogP contribution in [0.25, 0.3) is 0 Å². The van der Waals surface area contributed by atoms with E-state index in [9.17, 15) is 5.11 Å². The van der Waals surface area contributed by atoms with Gasteiger partial charge in [-0.05, 0) is 29.2 Å². The lowest BCUT2D eigenvalue weighted by molar-refractivity contribution is 0.0942. The van der Waals surface area contributed by atoms with Gasteiger partial charge in [-0.1, -0.05) is 43.3 Å². The fourth-order valence-corrected chi connectivity index (χ4v) is 4.20. The molecule has 2 aromatic rings. The highest BCUT2D eigenvalue weighted by atomic mass is 16.5. The summed E-state index contributed by atoms with van der Waals surface area (Å²) in [6, 6.07) is 15.6. The lowest BCUT2D eigenvalue weighted by Gasteiger charge is -2.39. The van der Waals surface area contributed by atoms with Crippen molar-refractivity contribution in [3.8, 4) is 5.75 Å². The number of aryl methyl sites for hydroxylation is 1. The largest absolute Gasteiger partial charge is 0.489 e. The molecule has 26 heavy (non-hydrogen) atoms. The van der Waals surface area contributed by atoms with E-state index >= 15 is 0 Å². The summed E-state index contributed by atoms with van der Waals surface area (Å²) in [6.07, 6.45) is 1.03. The van der Waals surface area contributed by atoms with E-state index in [-0.39, 0.29) is 12.6 Å². The number of β-amino-alcohol motifs (C(OH)–C–C–N with tert-alkyl or cyclic N) is 1. The Morgan fingerprint density at radius 2 is 1.85 bits per heavy atom. The third kappa shape index (κ3) is 3.37. The van der Waals surface area contributed by atoms with E-state index in [4.69, 9.17) is 4.74 Å². The van der Waals surface area contributed by atoms with Crippen molar-refractivity contribution in [3.05, 3.63) is 64.7 Å². The molecule has 1 saturated heterocycles. The van der Waals surface area contributed by atoms with Gasteiger partial charge in [0.15, 0.2) is 0 Å². The Hall–Kier alpha value is -1.88. The minimum atomic E-state index is 0.239. The molecule has 0 spiro atoms. The average molecular weight is 352 g/mol. The average Bonchev–Trinajstić information content (AvgIpc) is 2.85. The van der Waals surface area contributed by atoms with E-state index in [0.29, 0.717) is 6.61 Å². The van der Waals surface area contributed by atoms with E-state index < -0.39 is 0 Å². The Labute approximate surface area is 156 Å². The van der Waals surface area contributed by atoms with Gasteiger partial charge in [-0.15, -0.1) is 0 Å². The maximum atomic E-state index is 9.22. The summed E-state index contributed by atoms with van der Waals surface area (Å²) in [5, 5.41) is 9.22. The van der Waals surface area contributed by atoms with Crippen LogP contribution in [0.15, 0.2) is 42.5 Å². The van der Waals surface area contributed by atoms with E-state index in [2.05, 4.69) is 59.2 Å². The molecule has 0 saturated carbocycles. The highest BCUT2D eigenvalue weighted by Gasteiger charge is 2.31. The van der Waals surface area contributed by atoms with Gasteiger partial charge in [0.25, 0.3) is 0 Å². The molecule has 2 aromatic carbocycles. The maximum Gasteiger partial charge on any atom is 0.124 e. The monoisotopic (exact) mass is 352 g/mol. The molecular weight excluding hydrogens is 324 g/mol. The summed E-state index contributed by atoms with van der Waals surface area (Å²) in [4.78, 5) is 4.93. The molecule has 2 aliphatic heterocycles. The normalized spacial score (nSPS) is 20.8. The first-order valence-corrected chi connectivity index (χ1v) is 9.71.